The van der Waals surface area contributed by atoms with Gasteiger partial charge in [0, 0.05) is 0 Å². The zero-order valence-electron chi connectivity index (χ0n) is 5.65. The van der Waals surface area contributed by atoms with Crippen molar-refractivity contribution in [1.82, 2.24) is 9.97 Å². The Morgan fingerprint density at radius 3 is 1.60 bits per heavy atom. The largest absolute Gasteiger partial charge is 1.00 e. The fourth-order valence-electron chi connectivity index (χ4n) is 0.256. The molecule has 0 aromatic carbocycles. The second-order valence-corrected chi connectivity index (χ2v) is 1.74. The minimum Gasteiger partial charge on any atom is -0.670 e. The molecule has 0 aliphatic heterocycles. The van der Waals surface area contributed by atoms with Crippen LogP contribution >= 0.6 is 23.2 Å². The van der Waals surface area contributed by atoms with E-state index in [0.29, 0.717) is 0 Å². The minimum atomic E-state index is 0. The maximum absolute atomic E-state index is 5.31. The van der Waals surface area contributed by atoms with E-state index in [1.165, 1.54) is 0 Å². The first-order valence-electron chi connectivity index (χ1n) is 1.77. The molecule has 0 aliphatic rings. The van der Waals surface area contributed by atoms with Gasteiger partial charge in [0.05, 0.1) is 0 Å². The van der Waals surface area contributed by atoms with Gasteiger partial charge in [-0.15, -0.1) is 23.2 Å². The van der Waals surface area contributed by atoms with E-state index in [9.17, 15) is 0 Å². The van der Waals surface area contributed by atoms with Crippen molar-refractivity contribution in [3.63, 3.8) is 0 Å². The van der Waals surface area contributed by atoms with Crippen molar-refractivity contribution < 1.29 is 37.7 Å². The van der Waals surface area contributed by atoms with Crippen LogP contribution in [0.25, 0.3) is 0 Å². The predicted molar refractivity (Wildman–Crippen MR) is 29.7 cm³/mol. The Morgan fingerprint density at radius 1 is 1.00 bits per heavy atom. The zero-order chi connectivity index (χ0) is 5.98. The Bertz CT molecular complexity index is 179. The first-order chi connectivity index (χ1) is 3.79. The van der Waals surface area contributed by atoms with Gasteiger partial charge in [-0.25, -0.2) is 0 Å². The average molecular weight is 161 g/mol. The number of aromatic nitrogens is 2. The van der Waals surface area contributed by atoms with Crippen molar-refractivity contribution in [3.8, 4) is 0 Å². The van der Waals surface area contributed by atoms with Gasteiger partial charge < -0.3 is 17.4 Å². The third kappa shape index (κ3) is 4.64. The summed E-state index contributed by atoms with van der Waals surface area (Å²) in [6, 6.07) is 0. The van der Waals surface area contributed by atoms with E-state index in [4.69, 9.17) is 23.2 Å². The van der Waals surface area contributed by atoms with Gasteiger partial charge in [0.1, 0.15) is 0 Å². The second kappa shape index (κ2) is 6.56. The molecule has 0 saturated carbocycles. The standard InChI is InChI=1S/C4Cl2N2.2Li/c5-3-1-7-2-4(6)8-3;;/q-2;2*+1. The molecule has 1 heterocycles. The molecule has 0 fully saturated rings. The molecule has 0 N–H and O–H groups in total. The van der Waals surface area contributed by atoms with Gasteiger partial charge in [-0.2, -0.15) is 0 Å². The summed E-state index contributed by atoms with van der Waals surface area (Å²) in [5.41, 5.74) is 0. The number of nitrogens with zero attached hydrogens (tertiary/aromatic N) is 2. The Morgan fingerprint density at radius 2 is 1.40 bits per heavy atom. The fourth-order valence-corrected chi connectivity index (χ4v) is 0.553. The molecule has 0 atom stereocenters. The van der Waals surface area contributed by atoms with Crippen molar-refractivity contribution in [2.75, 3.05) is 0 Å². The molecule has 0 amide bonds. The van der Waals surface area contributed by atoms with Crippen LogP contribution in [0.15, 0.2) is 0 Å². The molecule has 2 nitrogen and oxygen atoms in total. The van der Waals surface area contributed by atoms with E-state index in [-0.39, 0.29) is 48.0 Å². The van der Waals surface area contributed by atoms with Crippen LogP contribution in [-0.2, 0) is 0 Å². The molecular formula is C4Cl2Li2N2. The molecule has 1 aromatic rings. The number of hydrogen-bond acceptors (Lipinski definition) is 2. The molecule has 42 valence electrons. The SMILES string of the molecule is Clc1[c-]n[c-]c(Cl)n1.[Li+].[Li+]. The summed E-state index contributed by atoms with van der Waals surface area (Å²) in [5, 5.41) is 0.322. The topological polar surface area (TPSA) is 25.8 Å². The van der Waals surface area contributed by atoms with Crippen LogP contribution in [0.5, 0.6) is 0 Å². The average Bonchev–Trinajstić information content (AvgIpc) is 1.64. The Labute approximate surface area is 93.1 Å². The molecule has 0 aliphatic carbocycles. The normalized spacial score (nSPS) is 7.40. The first-order valence-corrected chi connectivity index (χ1v) is 2.53. The molecule has 1 aromatic heterocycles. The van der Waals surface area contributed by atoms with Gasteiger partial charge in [-0.1, -0.05) is 0 Å². The third-order valence-corrected chi connectivity index (χ3v) is 0.831. The maximum atomic E-state index is 5.31. The van der Waals surface area contributed by atoms with Crippen LogP contribution in [0.1, 0.15) is 0 Å². The predicted octanol–water partition coefficient (Wildman–Crippen LogP) is -4.61. The van der Waals surface area contributed by atoms with Gasteiger partial charge in [0.25, 0.3) is 0 Å². The van der Waals surface area contributed by atoms with Crippen molar-refractivity contribution >= 4 is 23.2 Å². The molecule has 1 rings (SSSR count). The van der Waals surface area contributed by atoms with E-state index in [0.717, 1.165) is 0 Å². The number of rotatable bonds is 0. The van der Waals surface area contributed by atoms with E-state index in [1.807, 2.05) is 0 Å². The summed E-state index contributed by atoms with van der Waals surface area (Å²) in [7, 11) is 0. The third-order valence-electron chi connectivity index (χ3n) is 0.493. The summed E-state index contributed by atoms with van der Waals surface area (Å²) < 4.78 is 0. The van der Waals surface area contributed by atoms with E-state index >= 15 is 0 Å². The quantitative estimate of drug-likeness (QED) is 0.282. The Hall–Kier alpha value is 0.855. The van der Waals surface area contributed by atoms with Crippen LogP contribution < -0.4 is 37.7 Å². The summed E-state index contributed by atoms with van der Waals surface area (Å²) in [5.74, 6) is 0. The van der Waals surface area contributed by atoms with E-state index in [2.05, 4.69) is 22.4 Å². The van der Waals surface area contributed by atoms with E-state index in [1.54, 1.807) is 0 Å². The van der Waals surface area contributed by atoms with Crippen LogP contribution in [0.2, 0.25) is 10.3 Å². The van der Waals surface area contributed by atoms with Gasteiger partial charge in [-0.3, -0.25) is 4.98 Å². The molecule has 0 unspecified atom stereocenters. The molecule has 0 spiro atoms. The van der Waals surface area contributed by atoms with Gasteiger partial charge >= 0.3 is 37.7 Å². The summed E-state index contributed by atoms with van der Waals surface area (Å²) in [6.45, 7) is 0. The van der Waals surface area contributed by atoms with Crippen LogP contribution in [0.3, 0.4) is 0 Å². The summed E-state index contributed by atoms with van der Waals surface area (Å²) >= 11 is 10.6. The monoisotopic (exact) mass is 160 g/mol. The molecule has 6 heteroatoms. The van der Waals surface area contributed by atoms with Crippen LogP contribution in [0.4, 0.5) is 0 Å². The zero-order valence-corrected chi connectivity index (χ0v) is 7.16. The van der Waals surface area contributed by atoms with Gasteiger partial charge in [0.2, 0.25) is 0 Å². The van der Waals surface area contributed by atoms with E-state index < -0.39 is 0 Å². The Balaban J connectivity index is 0. The number of hydrogen-bond donors (Lipinski definition) is 0. The van der Waals surface area contributed by atoms with Crippen molar-refractivity contribution in [2.24, 2.45) is 0 Å². The fraction of sp³-hybridized carbons (Fsp3) is 0. The summed E-state index contributed by atoms with van der Waals surface area (Å²) in [4.78, 5) is 6.94. The Kier molecular flexibility index (Phi) is 8.82. The summed E-state index contributed by atoms with van der Waals surface area (Å²) in [6.07, 6.45) is 4.67. The minimum absolute atomic E-state index is 0. The van der Waals surface area contributed by atoms with Crippen molar-refractivity contribution in [2.45, 2.75) is 0 Å². The number of halogens is 2. The molecule has 0 radical (unpaired) electrons. The van der Waals surface area contributed by atoms with Gasteiger partial charge in [-0.05, 0) is 10.3 Å². The van der Waals surface area contributed by atoms with Gasteiger partial charge in [0.15, 0.2) is 0 Å². The molecule has 0 bridgehead atoms. The smallest absolute Gasteiger partial charge is 0.670 e. The maximum Gasteiger partial charge on any atom is 1.00 e. The molecule has 0 saturated heterocycles. The van der Waals surface area contributed by atoms with Crippen molar-refractivity contribution in [3.05, 3.63) is 22.7 Å². The molecular weight excluding hydrogens is 161 g/mol. The van der Waals surface area contributed by atoms with Crippen molar-refractivity contribution in [1.29, 1.82) is 0 Å². The second-order valence-electron chi connectivity index (χ2n) is 1.03. The molecule has 10 heavy (non-hydrogen) atoms. The van der Waals surface area contributed by atoms with Crippen LogP contribution in [0, 0.1) is 12.4 Å². The van der Waals surface area contributed by atoms with Crippen LogP contribution in [-0.4, -0.2) is 9.97 Å². The first kappa shape index (κ1) is 13.4.